The second-order valence-corrected chi connectivity index (χ2v) is 2.53. The molecular weight excluding hydrogens is 148 g/mol. The zero-order valence-corrected chi connectivity index (χ0v) is 7.21. The highest BCUT2D eigenvalue weighted by atomic mass is 16.3. The highest BCUT2D eigenvalue weighted by molar-refractivity contribution is 5.68. The minimum atomic E-state index is 0.811. The van der Waals surface area contributed by atoms with Gasteiger partial charge >= 0.3 is 0 Å². The third-order valence-corrected chi connectivity index (χ3v) is 1.49. The SMILES string of the molecule is C=C/C=C\C(=C)c1ccc(C)o1. The van der Waals surface area contributed by atoms with E-state index in [9.17, 15) is 0 Å². The van der Waals surface area contributed by atoms with Crippen molar-refractivity contribution in [1.82, 2.24) is 0 Å². The normalized spacial score (nSPS) is 10.4. The van der Waals surface area contributed by atoms with E-state index >= 15 is 0 Å². The molecule has 1 heterocycles. The molecule has 62 valence electrons. The minimum absolute atomic E-state index is 0.811. The van der Waals surface area contributed by atoms with Crippen LogP contribution in [-0.2, 0) is 0 Å². The van der Waals surface area contributed by atoms with E-state index in [-0.39, 0.29) is 0 Å². The predicted molar refractivity (Wildman–Crippen MR) is 51.8 cm³/mol. The molecule has 0 aliphatic rings. The van der Waals surface area contributed by atoms with Crippen LogP contribution in [0.1, 0.15) is 11.5 Å². The van der Waals surface area contributed by atoms with Crippen molar-refractivity contribution in [1.29, 1.82) is 0 Å². The lowest BCUT2D eigenvalue weighted by atomic mass is 10.2. The Labute approximate surface area is 72.7 Å². The Hall–Kier alpha value is -1.50. The van der Waals surface area contributed by atoms with Crippen molar-refractivity contribution >= 4 is 5.57 Å². The fourth-order valence-corrected chi connectivity index (χ4v) is 0.873. The van der Waals surface area contributed by atoms with Gasteiger partial charge in [0.2, 0.25) is 0 Å². The Kier molecular flexibility index (Phi) is 2.70. The van der Waals surface area contributed by atoms with E-state index in [4.69, 9.17) is 4.42 Å². The second-order valence-electron chi connectivity index (χ2n) is 2.53. The van der Waals surface area contributed by atoms with E-state index in [1.165, 1.54) is 0 Å². The molecule has 0 saturated heterocycles. The predicted octanol–water partition coefficient (Wildman–Crippen LogP) is 3.34. The van der Waals surface area contributed by atoms with Crippen LogP contribution in [0.2, 0.25) is 0 Å². The van der Waals surface area contributed by atoms with Crippen LogP contribution < -0.4 is 0 Å². The molecule has 0 bridgehead atoms. The van der Waals surface area contributed by atoms with E-state index in [2.05, 4.69) is 13.2 Å². The molecule has 1 aromatic heterocycles. The Morgan fingerprint density at radius 2 is 2.25 bits per heavy atom. The molecule has 0 atom stereocenters. The molecular formula is C11H12O. The standard InChI is InChI=1S/C11H12O/c1-4-5-6-9(2)11-8-7-10(3)12-11/h4-8H,1-2H2,3H3/b6-5-. The van der Waals surface area contributed by atoms with Gasteiger partial charge in [-0.05, 0) is 19.1 Å². The van der Waals surface area contributed by atoms with Gasteiger partial charge < -0.3 is 4.42 Å². The van der Waals surface area contributed by atoms with Crippen molar-refractivity contribution in [2.75, 3.05) is 0 Å². The average molecular weight is 160 g/mol. The topological polar surface area (TPSA) is 13.1 Å². The van der Waals surface area contributed by atoms with Gasteiger partial charge in [0.1, 0.15) is 11.5 Å². The van der Waals surface area contributed by atoms with Crippen LogP contribution in [0.5, 0.6) is 0 Å². The third-order valence-electron chi connectivity index (χ3n) is 1.49. The third kappa shape index (κ3) is 1.99. The van der Waals surface area contributed by atoms with Crippen LogP contribution in [-0.4, -0.2) is 0 Å². The molecule has 0 aliphatic carbocycles. The Morgan fingerprint density at radius 3 is 2.75 bits per heavy atom. The van der Waals surface area contributed by atoms with Crippen molar-refractivity contribution < 1.29 is 4.42 Å². The first-order chi connectivity index (χ1) is 5.74. The van der Waals surface area contributed by atoms with Crippen molar-refractivity contribution in [3.05, 3.63) is 55.0 Å². The monoisotopic (exact) mass is 160 g/mol. The van der Waals surface area contributed by atoms with E-state index in [1.807, 2.05) is 31.2 Å². The zero-order chi connectivity index (χ0) is 8.97. The maximum Gasteiger partial charge on any atom is 0.133 e. The fraction of sp³-hybridized carbons (Fsp3) is 0.0909. The first-order valence-electron chi connectivity index (χ1n) is 3.79. The highest BCUT2D eigenvalue weighted by Crippen LogP contribution is 2.16. The number of aryl methyl sites for hydroxylation is 1. The van der Waals surface area contributed by atoms with Gasteiger partial charge in [0.15, 0.2) is 0 Å². The molecule has 0 amide bonds. The minimum Gasteiger partial charge on any atom is -0.461 e. The van der Waals surface area contributed by atoms with Crippen LogP contribution in [0.25, 0.3) is 5.57 Å². The molecule has 0 fully saturated rings. The van der Waals surface area contributed by atoms with Gasteiger partial charge in [0, 0.05) is 5.57 Å². The lowest BCUT2D eigenvalue weighted by molar-refractivity contribution is 0.522. The molecule has 0 aromatic carbocycles. The lowest BCUT2D eigenvalue weighted by Crippen LogP contribution is -1.71. The van der Waals surface area contributed by atoms with Gasteiger partial charge in [-0.25, -0.2) is 0 Å². The Morgan fingerprint density at radius 1 is 1.50 bits per heavy atom. The quantitative estimate of drug-likeness (QED) is 0.618. The smallest absolute Gasteiger partial charge is 0.133 e. The van der Waals surface area contributed by atoms with Crippen LogP contribution in [0.4, 0.5) is 0 Å². The summed E-state index contributed by atoms with van der Waals surface area (Å²) >= 11 is 0. The van der Waals surface area contributed by atoms with Crippen molar-refractivity contribution in [2.45, 2.75) is 6.92 Å². The summed E-state index contributed by atoms with van der Waals surface area (Å²) in [5, 5.41) is 0. The van der Waals surface area contributed by atoms with Gasteiger partial charge in [0.25, 0.3) is 0 Å². The molecule has 0 spiro atoms. The van der Waals surface area contributed by atoms with E-state index in [0.29, 0.717) is 0 Å². The molecule has 0 N–H and O–H groups in total. The van der Waals surface area contributed by atoms with Crippen molar-refractivity contribution in [3.8, 4) is 0 Å². The van der Waals surface area contributed by atoms with E-state index < -0.39 is 0 Å². The van der Waals surface area contributed by atoms with Gasteiger partial charge in [-0.15, -0.1) is 0 Å². The van der Waals surface area contributed by atoms with E-state index in [1.54, 1.807) is 6.08 Å². The van der Waals surface area contributed by atoms with Gasteiger partial charge in [-0.3, -0.25) is 0 Å². The molecule has 1 nitrogen and oxygen atoms in total. The van der Waals surface area contributed by atoms with Gasteiger partial charge in [0.05, 0.1) is 0 Å². The molecule has 1 rings (SSSR count). The summed E-state index contributed by atoms with van der Waals surface area (Å²) in [6, 6.07) is 3.83. The largest absolute Gasteiger partial charge is 0.461 e. The molecule has 12 heavy (non-hydrogen) atoms. The van der Waals surface area contributed by atoms with Crippen LogP contribution in [0, 0.1) is 6.92 Å². The number of rotatable bonds is 3. The lowest BCUT2D eigenvalue weighted by Gasteiger charge is -1.91. The fourth-order valence-electron chi connectivity index (χ4n) is 0.873. The summed E-state index contributed by atoms with van der Waals surface area (Å²) in [5.41, 5.74) is 0.864. The molecule has 0 radical (unpaired) electrons. The average Bonchev–Trinajstić information content (AvgIpc) is 2.47. The number of hydrogen-bond acceptors (Lipinski definition) is 1. The number of hydrogen-bond donors (Lipinski definition) is 0. The maximum atomic E-state index is 5.36. The van der Waals surface area contributed by atoms with Crippen LogP contribution >= 0.6 is 0 Å². The van der Waals surface area contributed by atoms with Crippen LogP contribution in [0.3, 0.4) is 0 Å². The Balaban J connectivity index is 2.78. The zero-order valence-electron chi connectivity index (χ0n) is 7.21. The summed E-state index contributed by atoms with van der Waals surface area (Å²) < 4.78 is 5.36. The summed E-state index contributed by atoms with van der Waals surface area (Å²) in [6.07, 6.45) is 5.41. The first kappa shape index (κ1) is 8.60. The molecule has 0 unspecified atom stereocenters. The van der Waals surface area contributed by atoms with Crippen LogP contribution in [0.15, 0.2) is 47.9 Å². The maximum absolute atomic E-state index is 5.36. The summed E-state index contributed by atoms with van der Waals surface area (Å²) in [6.45, 7) is 9.33. The van der Waals surface area contributed by atoms with Crippen molar-refractivity contribution in [3.63, 3.8) is 0 Å². The summed E-state index contributed by atoms with van der Waals surface area (Å²) in [7, 11) is 0. The highest BCUT2D eigenvalue weighted by Gasteiger charge is 1.98. The van der Waals surface area contributed by atoms with Gasteiger partial charge in [-0.1, -0.05) is 31.4 Å². The number of furan rings is 1. The molecule has 1 heteroatoms. The molecule has 0 aliphatic heterocycles. The Bertz CT molecular complexity index is 316. The second kappa shape index (κ2) is 3.77. The molecule has 0 saturated carbocycles. The van der Waals surface area contributed by atoms with Gasteiger partial charge in [-0.2, -0.15) is 0 Å². The summed E-state index contributed by atoms with van der Waals surface area (Å²) in [5.74, 6) is 1.71. The van der Waals surface area contributed by atoms with Crippen molar-refractivity contribution in [2.24, 2.45) is 0 Å². The first-order valence-corrected chi connectivity index (χ1v) is 3.79. The molecule has 1 aromatic rings. The van der Waals surface area contributed by atoms with E-state index in [0.717, 1.165) is 17.1 Å². The summed E-state index contributed by atoms with van der Waals surface area (Å²) in [4.78, 5) is 0. The number of allylic oxidation sites excluding steroid dienone is 4.